The molecule has 8 heteroatoms. The predicted octanol–water partition coefficient (Wildman–Crippen LogP) is 3.10. The fourth-order valence-electron chi connectivity index (χ4n) is 2.66. The first-order valence-corrected chi connectivity index (χ1v) is 9.52. The highest BCUT2D eigenvalue weighted by Crippen LogP contribution is 2.28. The molecule has 0 amide bonds. The molecule has 0 saturated heterocycles. The van der Waals surface area contributed by atoms with Crippen LogP contribution in [0.5, 0.6) is 5.75 Å². The number of aromatic amines is 1. The SMILES string of the molecule is CC(C)NCC(O)COc1cccc2[nH]cc(/C=N\O)c12.O=C(O)c1ccccc1. The van der Waals surface area contributed by atoms with Crippen LogP contribution in [0, 0.1) is 0 Å². The molecule has 0 bridgehead atoms. The number of carboxylic acids is 1. The molecule has 1 heterocycles. The topological polar surface area (TPSA) is 127 Å². The van der Waals surface area contributed by atoms with E-state index in [-0.39, 0.29) is 6.61 Å². The lowest BCUT2D eigenvalue weighted by Crippen LogP contribution is -2.35. The first kappa shape index (κ1) is 22.9. The summed E-state index contributed by atoms with van der Waals surface area (Å²) in [6.07, 6.45) is 2.51. The minimum absolute atomic E-state index is 0.194. The van der Waals surface area contributed by atoms with Gasteiger partial charge in [0.05, 0.1) is 17.2 Å². The number of hydrogen-bond donors (Lipinski definition) is 5. The molecule has 0 spiro atoms. The number of nitrogens with zero attached hydrogens (tertiary/aromatic N) is 1. The van der Waals surface area contributed by atoms with Crippen molar-refractivity contribution in [2.24, 2.45) is 5.16 Å². The van der Waals surface area contributed by atoms with Gasteiger partial charge in [-0.2, -0.15) is 0 Å². The summed E-state index contributed by atoms with van der Waals surface area (Å²) >= 11 is 0. The quantitative estimate of drug-likeness (QED) is 0.219. The van der Waals surface area contributed by atoms with Crippen molar-refractivity contribution in [2.45, 2.75) is 26.0 Å². The summed E-state index contributed by atoms with van der Waals surface area (Å²) in [6, 6.07) is 14.2. The van der Waals surface area contributed by atoms with E-state index in [0.717, 1.165) is 16.5 Å². The summed E-state index contributed by atoms with van der Waals surface area (Å²) in [5, 5.41) is 34.0. The fourth-order valence-corrected chi connectivity index (χ4v) is 2.66. The maximum Gasteiger partial charge on any atom is 0.335 e. The van der Waals surface area contributed by atoms with E-state index < -0.39 is 12.1 Å². The first-order chi connectivity index (χ1) is 14.4. The lowest BCUT2D eigenvalue weighted by atomic mass is 10.1. The van der Waals surface area contributed by atoms with Gasteiger partial charge in [-0.25, -0.2) is 4.79 Å². The molecule has 8 nitrogen and oxygen atoms in total. The zero-order chi connectivity index (χ0) is 21.9. The number of ether oxygens (including phenoxy) is 1. The van der Waals surface area contributed by atoms with Gasteiger partial charge in [-0.1, -0.05) is 43.3 Å². The summed E-state index contributed by atoms with van der Waals surface area (Å²) in [4.78, 5) is 13.3. The minimum Gasteiger partial charge on any atom is -0.490 e. The molecule has 3 rings (SSSR count). The lowest BCUT2D eigenvalue weighted by molar-refractivity contribution is 0.0697. The summed E-state index contributed by atoms with van der Waals surface area (Å²) in [5.74, 6) is -0.233. The number of rotatable bonds is 8. The van der Waals surface area contributed by atoms with Gasteiger partial charge in [-0.15, -0.1) is 0 Å². The van der Waals surface area contributed by atoms with Crippen LogP contribution in [0.2, 0.25) is 0 Å². The van der Waals surface area contributed by atoms with E-state index in [2.05, 4.69) is 15.5 Å². The predicted molar refractivity (Wildman–Crippen MR) is 116 cm³/mol. The second-order valence-corrected chi connectivity index (χ2v) is 6.87. The number of nitrogens with one attached hydrogen (secondary N) is 2. The largest absolute Gasteiger partial charge is 0.490 e. The van der Waals surface area contributed by atoms with Gasteiger partial charge in [0.1, 0.15) is 18.5 Å². The van der Waals surface area contributed by atoms with E-state index >= 15 is 0 Å². The van der Waals surface area contributed by atoms with Gasteiger partial charge in [0.15, 0.2) is 0 Å². The van der Waals surface area contributed by atoms with Crippen LogP contribution in [0.4, 0.5) is 0 Å². The van der Waals surface area contributed by atoms with E-state index in [1.807, 2.05) is 32.0 Å². The molecule has 0 aliphatic carbocycles. The number of oxime groups is 1. The van der Waals surface area contributed by atoms with Gasteiger partial charge in [-0.3, -0.25) is 0 Å². The monoisotopic (exact) mass is 413 g/mol. The van der Waals surface area contributed by atoms with E-state index in [0.29, 0.717) is 23.9 Å². The van der Waals surface area contributed by atoms with Crippen LogP contribution in [-0.4, -0.2) is 57.9 Å². The molecule has 2 aromatic carbocycles. The number of aromatic nitrogens is 1. The Hall–Kier alpha value is -3.36. The third kappa shape index (κ3) is 6.91. The molecule has 0 aliphatic rings. The Morgan fingerprint density at radius 1 is 1.20 bits per heavy atom. The van der Waals surface area contributed by atoms with Crippen LogP contribution in [0.15, 0.2) is 59.9 Å². The molecule has 3 aromatic rings. The highest BCUT2D eigenvalue weighted by Gasteiger charge is 2.11. The van der Waals surface area contributed by atoms with Crippen LogP contribution in [0.25, 0.3) is 10.9 Å². The summed E-state index contributed by atoms with van der Waals surface area (Å²) in [5.41, 5.74) is 1.95. The van der Waals surface area contributed by atoms with Crippen LogP contribution >= 0.6 is 0 Å². The van der Waals surface area contributed by atoms with Crippen LogP contribution < -0.4 is 10.1 Å². The summed E-state index contributed by atoms with van der Waals surface area (Å²) in [6.45, 7) is 4.72. The maximum absolute atomic E-state index is 10.2. The van der Waals surface area contributed by atoms with E-state index in [4.69, 9.17) is 15.1 Å². The fraction of sp³-hybridized carbons (Fsp3) is 0.273. The maximum atomic E-state index is 10.2. The van der Waals surface area contributed by atoms with Crippen molar-refractivity contribution in [3.63, 3.8) is 0 Å². The Kier molecular flexibility index (Phi) is 8.86. The molecule has 30 heavy (non-hydrogen) atoms. The average Bonchev–Trinajstić information content (AvgIpc) is 3.15. The molecule has 1 aromatic heterocycles. The summed E-state index contributed by atoms with van der Waals surface area (Å²) in [7, 11) is 0. The van der Waals surface area contributed by atoms with Crippen molar-refractivity contribution >= 4 is 23.1 Å². The van der Waals surface area contributed by atoms with Crippen LogP contribution in [-0.2, 0) is 0 Å². The highest BCUT2D eigenvalue weighted by molar-refractivity contribution is 6.02. The second kappa shape index (κ2) is 11.6. The standard InChI is InChI=1S/C15H21N3O3.C7H6O2/c1-10(2)16-8-12(19)9-21-14-5-3-4-13-15(14)11(6-17-13)7-18-20;8-7(9)6-4-2-1-3-5-6/h3-7,10,12,16-17,19-20H,8-9H2,1-2H3;1-5H,(H,8,9)/b18-7-;. The van der Waals surface area contributed by atoms with Gasteiger partial charge in [0, 0.05) is 29.9 Å². The molecule has 1 atom stereocenters. The van der Waals surface area contributed by atoms with Crippen LogP contribution in [0.1, 0.15) is 29.8 Å². The summed E-state index contributed by atoms with van der Waals surface area (Å²) < 4.78 is 5.71. The zero-order valence-corrected chi connectivity index (χ0v) is 16.9. The van der Waals surface area contributed by atoms with E-state index in [9.17, 15) is 9.90 Å². The number of fused-ring (bicyclic) bond motifs is 1. The smallest absolute Gasteiger partial charge is 0.335 e. The van der Waals surface area contributed by atoms with Crippen LogP contribution in [0.3, 0.4) is 0 Å². The van der Waals surface area contributed by atoms with Crippen molar-refractivity contribution in [1.29, 1.82) is 0 Å². The molecule has 0 fully saturated rings. The number of carbonyl (C=O) groups is 1. The molecular formula is C22H27N3O5. The Morgan fingerprint density at radius 3 is 2.53 bits per heavy atom. The second-order valence-electron chi connectivity index (χ2n) is 6.87. The van der Waals surface area contributed by atoms with Gasteiger partial charge in [0.25, 0.3) is 0 Å². The molecular weight excluding hydrogens is 386 g/mol. The van der Waals surface area contributed by atoms with Gasteiger partial charge < -0.3 is 30.5 Å². The zero-order valence-electron chi connectivity index (χ0n) is 16.9. The Morgan fingerprint density at radius 2 is 1.93 bits per heavy atom. The van der Waals surface area contributed by atoms with Gasteiger partial charge in [-0.05, 0) is 24.3 Å². The number of aromatic carboxylic acids is 1. The average molecular weight is 413 g/mol. The molecule has 160 valence electrons. The third-order valence-electron chi connectivity index (χ3n) is 4.11. The number of hydrogen-bond acceptors (Lipinski definition) is 6. The Bertz CT molecular complexity index is 954. The highest BCUT2D eigenvalue weighted by atomic mass is 16.5. The Labute approximate surface area is 174 Å². The third-order valence-corrected chi connectivity index (χ3v) is 4.11. The Balaban J connectivity index is 0.000000297. The van der Waals surface area contributed by atoms with Crippen molar-refractivity contribution in [2.75, 3.05) is 13.2 Å². The number of H-pyrrole nitrogens is 1. The normalized spacial score (nSPS) is 12.0. The van der Waals surface area contributed by atoms with Gasteiger partial charge >= 0.3 is 5.97 Å². The van der Waals surface area contributed by atoms with E-state index in [1.165, 1.54) is 6.21 Å². The minimum atomic E-state index is -0.879. The first-order valence-electron chi connectivity index (χ1n) is 9.52. The van der Waals surface area contributed by atoms with Crippen molar-refractivity contribution < 1.29 is 25.0 Å². The molecule has 0 saturated carbocycles. The lowest BCUT2D eigenvalue weighted by Gasteiger charge is -2.15. The molecule has 0 radical (unpaired) electrons. The number of aliphatic hydroxyl groups excluding tert-OH is 1. The van der Waals surface area contributed by atoms with Crippen molar-refractivity contribution in [3.05, 3.63) is 65.9 Å². The number of aliphatic hydroxyl groups is 1. The van der Waals surface area contributed by atoms with Gasteiger partial charge in [0.2, 0.25) is 0 Å². The number of benzene rings is 2. The van der Waals surface area contributed by atoms with E-state index in [1.54, 1.807) is 36.5 Å². The molecule has 0 aliphatic heterocycles. The number of carboxylic acid groups (broad SMARTS) is 1. The molecule has 5 N–H and O–H groups in total. The van der Waals surface area contributed by atoms with Crippen molar-refractivity contribution in [1.82, 2.24) is 10.3 Å². The molecule has 1 unspecified atom stereocenters. The van der Waals surface area contributed by atoms with Crippen molar-refractivity contribution in [3.8, 4) is 5.75 Å².